The van der Waals surface area contributed by atoms with Crippen molar-refractivity contribution in [3.63, 3.8) is 0 Å². The van der Waals surface area contributed by atoms with Gasteiger partial charge in [-0.15, -0.1) is 0 Å². The van der Waals surface area contributed by atoms with Gasteiger partial charge in [-0.1, -0.05) is 26.0 Å². The molecule has 2 atom stereocenters. The number of hydrogen-bond acceptors (Lipinski definition) is 3. The number of nitrogens with two attached hydrogens (primary N) is 1. The van der Waals surface area contributed by atoms with E-state index in [0.717, 1.165) is 44.2 Å². The Morgan fingerprint density at radius 1 is 1.43 bits per heavy atom. The van der Waals surface area contributed by atoms with Gasteiger partial charge in [-0.25, -0.2) is 0 Å². The molecular weight excluding hydrogens is 260 g/mol. The number of ether oxygens (including phenoxy) is 1. The number of nitrogens with zero attached hydrogens (tertiary/aromatic N) is 1. The van der Waals surface area contributed by atoms with Crippen molar-refractivity contribution in [2.45, 2.75) is 52.1 Å². The van der Waals surface area contributed by atoms with Crippen LogP contribution in [-0.4, -0.2) is 30.3 Å². The molecule has 0 aromatic heterocycles. The summed E-state index contributed by atoms with van der Waals surface area (Å²) in [5.74, 6) is 1.71. The van der Waals surface area contributed by atoms with Gasteiger partial charge in [0.25, 0.3) is 0 Å². The topological polar surface area (TPSA) is 38.5 Å². The summed E-state index contributed by atoms with van der Waals surface area (Å²) < 4.78 is 5.72. The summed E-state index contributed by atoms with van der Waals surface area (Å²) in [5.41, 5.74) is 7.60. The van der Waals surface area contributed by atoms with Crippen LogP contribution >= 0.6 is 0 Å². The van der Waals surface area contributed by atoms with E-state index in [1.807, 2.05) is 6.07 Å². The second-order valence-electron chi connectivity index (χ2n) is 6.72. The minimum atomic E-state index is -0.280. The molecule has 3 heteroatoms. The fraction of sp³-hybridized carbons (Fsp3) is 0.667. The van der Waals surface area contributed by atoms with Crippen molar-refractivity contribution in [1.29, 1.82) is 0 Å². The summed E-state index contributed by atoms with van der Waals surface area (Å²) in [4.78, 5) is 2.45. The Labute approximate surface area is 129 Å². The van der Waals surface area contributed by atoms with Crippen LogP contribution in [-0.2, 0) is 6.42 Å². The Morgan fingerprint density at radius 2 is 2.24 bits per heavy atom. The quantitative estimate of drug-likeness (QED) is 0.872. The third-order valence-electron chi connectivity index (χ3n) is 4.31. The number of hydrogen-bond donors (Lipinski definition) is 1. The number of likely N-dealkylation sites (tertiary alicyclic amines) is 1. The van der Waals surface area contributed by atoms with Gasteiger partial charge in [-0.2, -0.15) is 0 Å². The molecule has 1 aromatic rings. The molecule has 0 radical (unpaired) electrons. The van der Waals surface area contributed by atoms with Crippen LogP contribution in [0.3, 0.4) is 0 Å². The van der Waals surface area contributed by atoms with Gasteiger partial charge in [0.05, 0.1) is 12.3 Å². The van der Waals surface area contributed by atoms with Crippen molar-refractivity contribution in [3.05, 3.63) is 29.8 Å². The maximum absolute atomic E-state index is 6.62. The Balaban J connectivity index is 2.01. The van der Waals surface area contributed by atoms with Crippen molar-refractivity contribution >= 4 is 0 Å². The van der Waals surface area contributed by atoms with E-state index in [-0.39, 0.29) is 5.66 Å². The second-order valence-corrected chi connectivity index (χ2v) is 6.72. The van der Waals surface area contributed by atoms with Gasteiger partial charge in [0.15, 0.2) is 0 Å². The fourth-order valence-corrected chi connectivity index (χ4v) is 3.14. The van der Waals surface area contributed by atoms with Gasteiger partial charge in [0, 0.05) is 13.0 Å². The first-order chi connectivity index (χ1) is 10.0. The molecular formula is C18H30N2O. The van der Waals surface area contributed by atoms with Crippen molar-refractivity contribution < 1.29 is 4.74 Å². The van der Waals surface area contributed by atoms with Crippen LogP contribution in [0.2, 0.25) is 0 Å². The zero-order valence-corrected chi connectivity index (χ0v) is 13.8. The molecule has 0 amide bonds. The minimum Gasteiger partial charge on any atom is -0.494 e. The molecule has 0 bridgehead atoms. The highest BCUT2D eigenvalue weighted by Crippen LogP contribution is 2.25. The third kappa shape index (κ3) is 4.72. The Bertz CT molecular complexity index is 445. The summed E-state index contributed by atoms with van der Waals surface area (Å²) in [6, 6.07) is 8.37. The van der Waals surface area contributed by atoms with Crippen LogP contribution in [0.5, 0.6) is 5.75 Å². The molecule has 0 spiro atoms. The molecule has 2 rings (SSSR count). The average molecular weight is 290 g/mol. The summed E-state index contributed by atoms with van der Waals surface area (Å²) in [5, 5.41) is 0. The van der Waals surface area contributed by atoms with E-state index in [9.17, 15) is 0 Å². The summed E-state index contributed by atoms with van der Waals surface area (Å²) in [7, 11) is 0. The van der Waals surface area contributed by atoms with Gasteiger partial charge >= 0.3 is 0 Å². The molecule has 3 nitrogen and oxygen atoms in total. The van der Waals surface area contributed by atoms with Crippen LogP contribution in [0.4, 0.5) is 0 Å². The fourth-order valence-electron chi connectivity index (χ4n) is 3.14. The third-order valence-corrected chi connectivity index (χ3v) is 4.31. The lowest BCUT2D eigenvalue weighted by Crippen LogP contribution is -2.58. The van der Waals surface area contributed by atoms with E-state index in [0.29, 0.717) is 0 Å². The van der Waals surface area contributed by atoms with Crippen LogP contribution in [0.1, 0.15) is 45.6 Å². The van der Waals surface area contributed by atoms with Gasteiger partial charge < -0.3 is 10.5 Å². The van der Waals surface area contributed by atoms with Gasteiger partial charge in [0.2, 0.25) is 0 Å². The largest absolute Gasteiger partial charge is 0.494 e. The lowest BCUT2D eigenvalue weighted by Gasteiger charge is -2.43. The highest BCUT2D eigenvalue weighted by atomic mass is 16.5. The van der Waals surface area contributed by atoms with Gasteiger partial charge in [-0.05, 0) is 56.3 Å². The highest BCUT2D eigenvalue weighted by Gasteiger charge is 2.30. The van der Waals surface area contributed by atoms with E-state index >= 15 is 0 Å². The molecule has 1 saturated heterocycles. The minimum absolute atomic E-state index is 0.280. The molecule has 1 heterocycles. The van der Waals surface area contributed by atoms with Crippen LogP contribution < -0.4 is 10.5 Å². The van der Waals surface area contributed by atoms with E-state index in [1.165, 1.54) is 18.4 Å². The lowest BCUT2D eigenvalue weighted by molar-refractivity contribution is 0.0627. The highest BCUT2D eigenvalue weighted by molar-refractivity contribution is 5.29. The molecule has 118 valence electrons. The van der Waals surface area contributed by atoms with Crippen molar-refractivity contribution in [3.8, 4) is 5.75 Å². The molecule has 1 fully saturated rings. The van der Waals surface area contributed by atoms with E-state index in [2.05, 4.69) is 43.9 Å². The molecule has 1 aliphatic rings. The van der Waals surface area contributed by atoms with E-state index < -0.39 is 0 Å². The summed E-state index contributed by atoms with van der Waals surface area (Å²) in [6.45, 7) is 9.60. The first kappa shape index (κ1) is 16.3. The number of rotatable bonds is 6. The number of piperidine rings is 1. The molecule has 1 aromatic carbocycles. The first-order valence-electron chi connectivity index (χ1n) is 8.27. The number of benzene rings is 1. The molecule has 2 N–H and O–H groups in total. The average Bonchev–Trinajstić information content (AvgIpc) is 2.45. The Morgan fingerprint density at radius 3 is 2.95 bits per heavy atom. The lowest BCUT2D eigenvalue weighted by atomic mass is 9.94. The monoisotopic (exact) mass is 290 g/mol. The summed E-state index contributed by atoms with van der Waals surface area (Å²) >= 11 is 0. The maximum Gasteiger partial charge on any atom is 0.119 e. The van der Waals surface area contributed by atoms with Crippen LogP contribution in [0.25, 0.3) is 0 Å². The maximum atomic E-state index is 6.62. The van der Waals surface area contributed by atoms with Gasteiger partial charge in [0.1, 0.15) is 5.75 Å². The van der Waals surface area contributed by atoms with Crippen molar-refractivity contribution in [2.75, 3.05) is 19.7 Å². The summed E-state index contributed by atoms with van der Waals surface area (Å²) in [6.07, 6.45) is 4.48. The van der Waals surface area contributed by atoms with Crippen LogP contribution in [0, 0.1) is 5.92 Å². The van der Waals surface area contributed by atoms with E-state index in [4.69, 9.17) is 10.5 Å². The normalized spacial score (nSPS) is 22.8. The standard InChI is InChI=1S/C18H30N2O/c1-4-11-21-17-9-5-8-16(12-17)13-18(3,19)20-10-6-7-15(2)14-20/h5,8-9,12,15H,4,6-7,10-11,13-14,19H2,1-3H3. The smallest absolute Gasteiger partial charge is 0.119 e. The molecule has 0 saturated carbocycles. The Kier molecular flexibility index (Phi) is 5.65. The predicted molar refractivity (Wildman–Crippen MR) is 88.5 cm³/mol. The molecule has 21 heavy (non-hydrogen) atoms. The molecule has 2 unspecified atom stereocenters. The van der Waals surface area contributed by atoms with Crippen molar-refractivity contribution in [2.24, 2.45) is 11.7 Å². The SMILES string of the molecule is CCCOc1cccc(CC(C)(N)N2CCCC(C)C2)c1. The molecule has 1 aliphatic heterocycles. The zero-order valence-electron chi connectivity index (χ0n) is 13.8. The van der Waals surface area contributed by atoms with Crippen molar-refractivity contribution in [1.82, 2.24) is 4.90 Å². The Hall–Kier alpha value is -1.06. The van der Waals surface area contributed by atoms with Gasteiger partial charge in [-0.3, -0.25) is 4.90 Å². The zero-order chi connectivity index (χ0) is 15.3. The predicted octanol–water partition coefficient (Wildman–Crippen LogP) is 3.42. The second kappa shape index (κ2) is 7.28. The van der Waals surface area contributed by atoms with Crippen LogP contribution in [0.15, 0.2) is 24.3 Å². The first-order valence-corrected chi connectivity index (χ1v) is 8.27. The van der Waals surface area contributed by atoms with E-state index in [1.54, 1.807) is 0 Å². The molecule has 0 aliphatic carbocycles.